The number of nitrogens with two attached hydrogens (primary N) is 1. The molecule has 1 atom stereocenters. The number of hydrogen-bond acceptors (Lipinski definition) is 4. The van der Waals surface area contributed by atoms with Gasteiger partial charge in [0.15, 0.2) is 5.96 Å². The Bertz CT molecular complexity index is 587. The van der Waals surface area contributed by atoms with Crippen molar-refractivity contribution in [2.75, 3.05) is 13.1 Å². The largest absolute Gasteiger partial charge is 0.370 e. The molecule has 98 valence electrons. The molecule has 1 aliphatic heterocycles. The number of aliphatic imine (C=N–C) groups is 1. The molecule has 5 nitrogen and oxygen atoms in total. The molecule has 1 aromatic carbocycles. The van der Waals surface area contributed by atoms with E-state index >= 15 is 0 Å². The number of guanidine groups is 1. The molecule has 2 N–H and O–H groups in total. The van der Waals surface area contributed by atoms with E-state index in [0.717, 1.165) is 17.8 Å². The van der Waals surface area contributed by atoms with Crippen LogP contribution in [0.25, 0.3) is 5.69 Å². The molecule has 0 aliphatic carbocycles. The summed E-state index contributed by atoms with van der Waals surface area (Å²) in [5.41, 5.74) is 8.09. The van der Waals surface area contributed by atoms with Crippen LogP contribution in [-0.2, 0) is 0 Å². The zero-order valence-electron chi connectivity index (χ0n) is 10.9. The Hall–Kier alpha value is -2.30. The number of nitrogens with zero attached hydrogens (tertiary/aromatic N) is 4. The highest BCUT2D eigenvalue weighted by Crippen LogP contribution is 2.25. The van der Waals surface area contributed by atoms with Gasteiger partial charge < -0.3 is 10.6 Å². The summed E-state index contributed by atoms with van der Waals surface area (Å²) in [6.07, 6.45) is 3.95. The first-order valence-electron chi connectivity index (χ1n) is 6.46. The van der Waals surface area contributed by atoms with Crippen LogP contribution in [0.3, 0.4) is 0 Å². The van der Waals surface area contributed by atoms with Crippen LogP contribution in [0, 0.1) is 0 Å². The number of hydrogen-bond donors (Lipinski definition) is 1. The fraction of sp³-hybridized carbons (Fsp3) is 0.286. The van der Waals surface area contributed by atoms with Crippen LogP contribution in [0.4, 0.5) is 0 Å². The van der Waals surface area contributed by atoms with Crippen LogP contribution in [0.2, 0.25) is 0 Å². The number of aromatic nitrogens is 2. The summed E-state index contributed by atoms with van der Waals surface area (Å²) < 4.78 is 1.89. The minimum atomic E-state index is 0.211. The average Bonchev–Trinajstić information content (AvgIpc) is 3.06. The normalized spacial score (nSPS) is 18.7. The smallest absolute Gasteiger partial charge is 0.191 e. The Morgan fingerprint density at radius 2 is 2.11 bits per heavy atom. The highest BCUT2D eigenvalue weighted by atomic mass is 15.3. The summed E-state index contributed by atoms with van der Waals surface area (Å²) in [6, 6.07) is 10.3. The van der Waals surface area contributed by atoms with Crippen LogP contribution in [0.1, 0.15) is 18.5 Å². The second kappa shape index (κ2) is 4.76. The number of para-hydroxylation sites is 1. The molecule has 19 heavy (non-hydrogen) atoms. The zero-order valence-corrected chi connectivity index (χ0v) is 10.9. The van der Waals surface area contributed by atoms with Gasteiger partial charge in [-0.05, 0) is 19.1 Å². The second-order valence-corrected chi connectivity index (χ2v) is 4.55. The first kappa shape index (κ1) is 11.8. The van der Waals surface area contributed by atoms with E-state index in [2.05, 4.69) is 28.1 Å². The summed E-state index contributed by atoms with van der Waals surface area (Å²) >= 11 is 0. The standard InChI is InChI=1S/C14H17N5/c1-2-18-13(9-16-14(18)15)11-8-17-19(10-11)12-6-4-3-5-7-12/h3-8,10,13H,2,9H2,1H3,(H2,15,16). The summed E-state index contributed by atoms with van der Waals surface area (Å²) in [6.45, 7) is 3.65. The Balaban J connectivity index is 1.87. The SMILES string of the molecule is CCN1C(N)=NCC1c1cnn(-c2ccccc2)c1. The third-order valence-corrected chi connectivity index (χ3v) is 3.45. The maximum Gasteiger partial charge on any atom is 0.191 e. The molecular weight excluding hydrogens is 238 g/mol. The molecule has 1 aliphatic rings. The van der Waals surface area contributed by atoms with Crippen molar-refractivity contribution in [1.82, 2.24) is 14.7 Å². The zero-order chi connectivity index (χ0) is 13.2. The lowest BCUT2D eigenvalue weighted by atomic mass is 10.1. The van der Waals surface area contributed by atoms with E-state index in [1.165, 1.54) is 0 Å². The van der Waals surface area contributed by atoms with Crippen LogP contribution in [0.5, 0.6) is 0 Å². The van der Waals surface area contributed by atoms with Gasteiger partial charge in [0.1, 0.15) is 0 Å². The van der Waals surface area contributed by atoms with Crippen molar-refractivity contribution in [3.8, 4) is 5.69 Å². The third-order valence-electron chi connectivity index (χ3n) is 3.45. The summed E-state index contributed by atoms with van der Waals surface area (Å²) in [4.78, 5) is 6.42. The van der Waals surface area contributed by atoms with Crippen molar-refractivity contribution in [3.63, 3.8) is 0 Å². The molecular formula is C14H17N5. The molecule has 0 spiro atoms. The monoisotopic (exact) mass is 255 g/mol. The van der Waals surface area contributed by atoms with Crippen molar-refractivity contribution in [2.24, 2.45) is 10.7 Å². The Morgan fingerprint density at radius 3 is 2.84 bits per heavy atom. The lowest BCUT2D eigenvalue weighted by Gasteiger charge is -2.23. The predicted octanol–water partition coefficient (Wildman–Crippen LogP) is 1.56. The average molecular weight is 255 g/mol. The van der Waals surface area contributed by atoms with Gasteiger partial charge in [-0.25, -0.2) is 4.68 Å². The highest BCUT2D eigenvalue weighted by molar-refractivity contribution is 5.80. The minimum Gasteiger partial charge on any atom is -0.370 e. The van der Waals surface area contributed by atoms with E-state index < -0.39 is 0 Å². The number of rotatable bonds is 3. The fourth-order valence-corrected chi connectivity index (χ4v) is 2.43. The fourth-order valence-electron chi connectivity index (χ4n) is 2.43. The lowest BCUT2D eigenvalue weighted by molar-refractivity contribution is 0.364. The van der Waals surface area contributed by atoms with Crippen molar-refractivity contribution >= 4 is 5.96 Å². The molecule has 2 heterocycles. The first-order valence-corrected chi connectivity index (χ1v) is 6.46. The number of likely N-dealkylation sites (N-methyl/N-ethyl adjacent to an activating group) is 1. The van der Waals surface area contributed by atoms with Gasteiger partial charge in [-0.1, -0.05) is 18.2 Å². The Kier molecular flexibility index (Phi) is 2.95. The molecule has 5 heteroatoms. The van der Waals surface area contributed by atoms with E-state index in [4.69, 9.17) is 5.73 Å². The maximum absolute atomic E-state index is 5.88. The molecule has 3 rings (SSSR count). The summed E-state index contributed by atoms with van der Waals surface area (Å²) in [7, 11) is 0. The van der Waals surface area contributed by atoms with Gasteiger partial charge in [0.25, 0.3) is 0 Å². The van der Waals surface area contributed by atoms with Gasteiger partial charge in [0, 0.05) is 18.3 Å². The van der Waals surface area contributed by atoms with E-state index in [1.54, 1.807) is 0 Å². The molecule has 0 bridgehead atoms. The number of benzene rings is 1. The van der Waals surface area contributed by atoms with Gasteiger partial charge in [0.05, 0.1) is 24.5 Å². The van der Waals surface area contributed by atoms with Gasteiger partial charge in [-0.3, -0.25) is 4.99 Å². The molecule has 2 aromatic rings. The van der Waals surface area contributed by atoms with Crippen molar-refractivity contribution in [1.29, 1.82) is 0 Å². The highest BCUT2D eigenvalue weighted by Gasteiger charge is 2.27. The third kappa shape index (κ3) is 2.07. The quantitative estimate of drug-likeness (QED) is 0.905. The Morgan fingerprint density at radius 1 is 1.32 bits per heavy atom. The summed E-state index contributed by atoms with van der Waals surface area (Å²) in [5, 5.41) is 4.42. The van der Waals surface area contributed by atoms with Crippen molar-refractivity contribution in [2.45, 2.75) is 13.0 Å². The Labute approximate surface area is 112 Å². The van der Waals surface area contributed by atoms with Gasteiger partial charge in [-0.15, -0.1) is 0 Å². The lowest BCUT2D eigenvalue weighted by Crippen LogP contribution is -2.35. The van der Waals surface area contributed by atoms with Gasteiger partial charge >= 0.3 is 0 Å². The van der Waals surface area contributed by atoms with Crippen LogP contribution < -0.4 is 5.73 Å². The first-order chi connectivity index (χ1) is 9.29. The predicted molar refractivity (Wildman–Crippen MR) is 75.2 cm³/mol. The molecule has 0 fully saturated rings. The summed E-state index contributed by atoms with van der Waals surface area (Å²) in [5.74, 6) is 0.625. The molecule has 1 unspecified atom stereocenters. The van der Waals surface area contributed by atoms with E-state index in [-0.39, 0.29) is 6.04 Å². The van der Waals surface area contributed by atoms with Crippen LogP contribution in [0.15, 0.2) is 47.7 Å². The van der Waals surface area contributed by atoms with E-state index in [0.29, 0.717) is 12.5 Å². The van der Waals surface area contributed by atoms with Gasteiger partial charge in [0.2, 0.25) is 0 Å². The molecule has 0 amide bonds. The minimum absolute atomic E-state index is 0.211. The molecule has 0 radical (unpaired) electrons. The van der Waals surface area contributed by atoms with Gasteiger partial charge in [-0.2, -0.15) is 5.10 Å². The van der Waals surface area contributed by atoms with Crippen LogP contribution in [-0.4, -0.2) is 33.7 Å². The maximum atomic E-state index is 5.88. The van der Waals surface area contributed by atoms with Crippen molar-refractivity contribution in [3.05, 3.63) is 48.3 Å². The second-order valence-electron chi connectivity index (χ2n) is 4.55. The molecule has 1 aromatic heterocycles. The molecule has 0 saturated carbocycles. The van der Waals surface area contributed by atoms with Crippen LogP contribution >= 0.6 is 0 Å². The topological polar surface area (TPSA) is 59.4 Å². The van der Waals surface area contributed by atoms with E-state index in [1.807, 2.05) is 41.2 Å². The van der Waals surface area contributed by atoms with E-state index in [9.17, 15) is 0 Å². The molecule has 0 saturated heterocycles. The van der Waals surface area contributed by atoms with Crippen molar-refractivity contribution < 1.29 is 0 Å².